The number of hydrogen-bond acceptors (Lipinski definition) is 5. The molecule has 4 aromatic rings. The molecule has 1 atom stereocenters. The van der Waals surface area contributed by atoms with Crippen LogP contribution in [0.5, 0.6) is 0 Å². The van der Waals surface area contributed by atoms with Crippen LogP contribution in [0.3, 0.4) is 0 Å². The van der Waals surface area contributed by atoms with E-state index in [0.29, 0.717) is 22.3 Å². The third-order valence-corrected chi connectivity index (χ3v) is 4.53. The van der Waals surface area contributed by atoms with Crippen molar-refractivity contribution >= 4 is 16.8 Å². The van der Waals surface area contributed by atoms with Crippen LogP contribution >= 0.6 is 0 Å². The van der Waals surface area contributed by atoms with Crippen molar-refractivity contribution in [1.29, 1.82) is 0 Å². The number of fused-ring (bicyclic) bond motifs is 1. The summed E-state index contributed by atoms with van der Waals surface area (Å²) < 4.78 is 16.5. The summed E-state index contributed by atoms with van der Waals surface area (Å²) in [5, 5.41) is 11.0. The predicted molar refractivity (Wildman–Crippen MR) is 103 cm³/mol. The van der Waals surface area contributed by atoms with E-state index < -0.39 is 23.3 Å². The number of aryl methyl sites for hydroxylation is 1. The third-order valence-electron chi connectivity index (χ3n) is 4.53. The molecule has 0 radical (unpaired) electrons. The fourth-order valence-electron chi connectivity index (χ4n) is 3.11. The van der Waals surface area contributed by atoms with Crippen molar-refractivity contribution in [3.8, 4) is 0 Å². The number of halogens is 1. The smallest absolute Gasteiger partial charge is 0.278 e. The van der Waals surface area contributed by atoms with Gasteiger partial charge < -0.3 is 9.88 Å². The highest BCUT2D eigenvalue weighted by molar-refractivity contribution is 5.78. The Hall–Kier alpha value is -3.88. The van der Waals surface area contributed by atoms with Crippen LogP contribution in [-0.2, 0) is 18.4 Å². The molecule has 1 N–H and O–H groups in total. The number of rotatable bonds is 5. The van der Waals surface area contributed by atoms with E-state index in [9.17, 15) is 14.0 Å². The van der Waals surface area contributed by atoms with E-state index in [1.165, 1.54) is 12.1 Å². The average molecular weight is 392 g/mol. The number of amides is 1. The predicted octanol–water partition coefficient (Wildman–Crippen LogP) is 1.57. The topological polar surface area (TPSA) is 94.7 Å². The normalized spacial score (nSPS) is 12.1. The van der Waals surface area contributed by atoms with Crippen LogP contribution in [0.4, 0.5) is 4.39 Å². The summed E-state index contributed by atoms with van der Waals surface area (Å²) in [6.45, 7) is -0.326. The molecule has 1 unspecified atom stereocenters. The van der Waals surface area contributed by atoms with Gasteiger partial charge in [-0.25, -0.2) is 14.1 Å². The van der Waals surface area contributed by atoms with Gasteiger partial charge in [0.15, 0.2) is 0 Å². The number of nitrogens with zero attached hydrogens (tertiary/aromatic N) is 5. The SMILES string of the molecule is Cn1ccnc1C(NC(=O)Cn1nnc2ccccc2c1=O)c1cccc(F)c1. The lowest BCUT2D eigenvalue weighted by molar-refractivity contribution is -0.122. The lowest BCUT2D eigenvalue weighted by Crippen LogP contribution is -2.37. The maximum absolute atomic E-state index is 13.8. The summed E-state index contributed by atoms with van der Waals surface area (Å²) in [5.41, 5.74) is 0.578. The summed E-state index contributed by atoms with van der Waals surface area (Å²) in [4.78, 5) is 29.5. The van der Waals surface area contributed by atoms with E-state index >= 15 is 0 Å². The Morgan fingerprint density at radius 3 is 2.79 bits per heavy atom. The van der Waals surface area contributed by atoms with E-state index in [1.807, 2.05) is 0 Å². The van der Waals surface area contributed by atoms with E-state index in [4.69, 9.17) is 0 Å². The maximum Gasteiger partial charge on any atom is 0.278 e. The van der Waals surface area contributed by atoms with Gasteiger partial charge in [0.05, 0.1) is 5.39 Å². The first-order chi connectivity index (χ1) is 14.0. The Kier molecular flexibility index (Phi) is 4.86. The molecule has 1 amide bonds. The second kappa shape index (κ2) is 7.63. The van der Waals surface area contributed by atoms with E-state index in [0.717, 1.165) is 4.68 Å². The average Bonchev–Trinajstić information content (AvgIpc) is 3.14. The van der Waals surface area contributed by atoms with Gasteiger partial charge in [-0.15, -0.1) is 5.10 Å². The van der Waals surface area contributed by atoms with Crippen LogP contribution in [-0.4, -0.2) is 30.5 Å². The zero-order chi connectivity index (χ0) is 20.4. The van der Waals surface area contributed by atoms with Crippen molar-refractivity contribution in [3.63, 3.8) is 0 Å². The molecule has 0 saturated heterocycles. The zero-order valence-electron chi connectivity index (χ0n) is 15.5. The standard InChI is InChI=1S/C20H17FN6O2/c1-26-10-9-22-19(26)18(13-5-4-6-14(21)11-13)23-17(28)12-27-20(29)15-7-2-3-8-16(15)24-25-27/h2-11,18H,12H2,1H3,(H,23,28). The van der Waals surface area contributed by atoms with Gasteiger partial charge in [0.25, 0.3) is 5.56 Å². The van der Waals surface area contributed by atoms with Gasteiger partial charge in [-0.05, 0) is 29.8 Å². The summed E-state index contributed by atoms with van der Waals surface area (Å²) in [5.74, 6) is -0.373. The molecule has 8 nitrogen and oxygen atoms in total. The highest BCUT2D eigenvalue weighted by atomic mass is 19.1. The van der Waals surface area contributed by atoms with Crippen molar-refractivity contribution in [1.82, 2.24) is 29.9 Å². The second-order valence-electron chi connectivity index (χ2n) is 6.52. The molecule has 29 heavy (non-hydrogen) atoms. The maximum atomic E-state index is 13.8. The second-order valence-corrected chi connectivity index (χ2v) is 6.52. The molecule has 0 aliphatic carbocycles. The Balaban J connectivity index is 1.63. The van der Waals surface area contributed by atoms with Gasteiger partial charge in [0.2, 0.25) is 5.91 Å². The van der Waals surface area contributed by atoms with Gasteiger partial charge >= 0.3 is 0 Å². The van der Waals surface area contributed by atoms with Crippen LogP contribution in [0.2, 0.25) is 0 Å². The molecule has 4 rings (SSSR count). The number of carbonyl (C=O) groups is 1. The van der Waals surface area contributed by atoms with Crippen LogP contribution in [0.25, 0.3) is 10.9 Å². The minimum absolute atomic E-state index is 0.326. The molecule has 2 aromatic carbocycles. The molecule has 9 heteroatoms. The van der Waals surface area contributed by atoms with E-state index in [1.54, 1.807) is 60.4 Å². The molecular weight excluding hydrogens is 375 g/mol. The summed E-state index contributed by atoms with van der Waals surface area (Å²) in [6.07, 6.45) is 3.32. The van der Waals surface area contributed by atoms with Crippen LogP contribution in [0.1, 0.15) is 17.4 Å². The molecule has 0 saturated carbocycles. The van der Waals surface area contributed by atoms with Gasteiger partial charge in [0, 0.05) is 19.4 Å². The van der Waals surface area contributed by atoms with Crippen molar-refractivity contribution in [2.24, 2.45) is 7.05 Å². The highest BCUT2D eigenvalue weighted by Gasteiger charge is 2.22. The Bertz CT molecular complexity index is 1250. The molecule has 2 heterocycles. The van der Waals surface area contributed by atoms with Crippen molar-refractivity contribution < 1.29 is 9.18 Å². The number of nitrogens with one attached hydrogen (secondary N) is 1. The van der Waals surface area contributed by atoms with Gasteiger partial charge in [-0.2, -0.15) is 0 Å². The van der Waals surface area contributed by atoms with Crippen molar-refractivity contribution in [3.05, 3.63) is 88.5 Å². The van der Waals surface area contributed by atoms with E-state index in [-0.39, 0.29) is 6.54 Å². The number of hydrogen-bond donors (Lipinski definition) is 1. The van der Waals surface area contributed by atoms with Crippen LogP contribution in [0.15, 0.2) is 65.7 Å². The molecule has 2 aromatic heterocycles. The Morgan fingerprint density at radius 1 is 1.21 bits per heavy atom. The largest absolute Gasteiger partial charge is 0.340 e. The van der Waals surface area contributed by atoms with E-state index in [2.05, 4.69) is 20.6 Å². The van der Waals surface area contributed by atoms with Gasteiger partial charge in [0.1, 0.15) is 29.7 Å². The number of carbonyl (C=O) groups excluding carboxylic acids is 1. The quantitative estimate of drug-likeness (QED) is 0.556. The molecule has 0 bridgehead atoms. The molecule has 0 aliphatic rings. The fraction of sp³-hybridized carbons (Fsp3) is 0.150. The third kappa shape index (κ3) is 3.75. The lowest BCUT2D eigenvalue weighted by Gasteiger charge is -2.19. The number of aromatic nitrogens is 5. The monoisotopic (exact) mass is 392 g/mol. The molecule has 146 valence electrons. The highest BCUT2D eigenvalue weighted by Crippen LogP contribution is 2.21. The fourth-order valence-corrected chi connectivity index (χ4v) is 3.11. The minimum Gasteiger partial charge on any atom is -0.340 e. The minimum atomic E-state index is -0.692. The van der Waals surface area contributed by atoms with Crippen LogP contribution < -0.4 is 10.9 Å². The van der Waals surface area contributed by atoms with Gasteiger partial charge in [-0.3, -0.25) is 9.59 Å². The van der Waals surface area contributed by atoms with Crippen LogP contribution in [0, 0.1) is 5.82 Å². The molecular formula is C20H17FN6O2. The lowest BCUT2D eigenvalue weighted by atomic mass is 10.1. The molecule has 0 aliphatic heterocycles. The first-order valence-electron chi connectivity index (χ1n) is 8.87. The number of imidazole rings is 1. The van der Waals surface area contributed by atoms with Crippen molar-refractivity contribution in [2.75, 3.05) is 0 Å². The first-order valence-corrected chi connectivity index (χ1v) is 8.87. The first kappa shape index (κ1) is 18.5. The number of benzene rings is 2. The summed E-state index contributed by atoms with van der Waals surface area (Å²) >= 11 is 0. The summed E-state index contributed by atoms with van der Waals surface area (Å²) in [7, 11) is 1.78. The van der Waals surface area contributed by atoms with Gasteiger partial charge in [-0.1, -0.05) is 29.5 Å². The molecule has 0 fully saturated rings. The molecule has 0 spiro atoms. The Labute approximate surface area is 164 Å². The van der Waals surface area contributed by atoms with Crippen molar-refractivity contribution in [2.45, 2.75) is 12.6 Å². The Morgan fingerprint density at radius 2 is 2.03 bits per heavy atom. The summed E-state index contributed by atoms with van der Waals surface area (Å²) in [6, 6.07) is 12.0. The zero-order valence-corrected chi connectivity index (χ0v) is 15.5.